The summed E-state index contributed by atoms with van der Waals surface area (Å²) in [5.41, 5.74) is 5.76. The van der Waals surface area contributed by atoms with Crippen molar-refractivity contribution in [3.05, 3.63) is 106 Å². The molecule has 6 rings (SSSR count). The Kier molecular flexibility index (Phi) is 9.65. The highest BCUT2D eigenvalue weighted by molar-refractivity contribution is 7.80. The van der Waals surface area contributed by atoms with E-state index in [2.05, 4.69) is 15.7 Å². The monoisotopic (exact) mass is 681 g/mol. The normalized spacial score (nSPS) is 16.7. The van der Waals surface area contributed by atoms with Crippen LogP contribution in [0.5, 0.6) is 0 Å². The second kappa shape index (κ2) is 14.1. The van der Waals surface area contributed by atoms with Crippen LogP contribution in [-0.4, -0.2) is 80.4 Å². The molecule has 2 aliphatic rings. The van der Waals surface area contributed by atoms with Gasteiger partial charge in [-0.2, -0.15) is 5.10 Å². The maximum Gasteiger partial charge on any atom is 0.335 e. The quantitative estimate of drug-likeness (QED) is 0.218. The Balaban J connectivity index is 1.12. The Bertz CT molecular complexity index is 1930. The summed E-state index contributed by atoms with van der Waals surface area (Å²) in [7, 11) is 5.57. The summed E-state index contributed by atoms with van der Waals surface area (Å²) >= 11 is 5.70. The van der Waals surface area contributed by atoms with Crippen LogP contribution >= 0.6 is 12.2 Å². The molecule has 0 bridgehead atoms. The Hall–Kier alpha value is -5.27. The Morgan fingerprint density at radius 2 is 1.88 bits per heavy atom. The number of anilines is 3. The second-order valence-electron chi connectivity index (χ2n) is 12.6. The number of likely N-dealkylation sites (N-methyl/N-ethyl adjacent to an activating group) is 1. The summed E-state index contributed by atoms with van der Waals surface area (Å²) in [6.45, 7) is 3.11. The smallest absolute Gasteiger partial charge is 0.335 e. The van der Waals surface area contributed by atoms with Gasteiger partial charge in [0.1, 0.15) is 10.8 Å². The predicted molar refractivity (Wildman–Crippen MR) is 190 cm³/mol. The van der Waals surface area contributed by atoms with Gasteiger partial charge in [-0.15, -0.1) is 0 Å². The lowest BCUT2D eigenvalue weighted by atomic mass is 10.0. The van der Waals surface area contributed by atoms with Crippen molar-refractivity contribution in [3.8, 4) is 0 Å². The highest BCUT2D eigenvalue weighted by atomic mass is 32.1. The van der Waals surface area contributed by atoms with Crippen molar-refractivity contribution < 1.29 is 24.2 Å². The van der Waals surface area contributed by atoms with Gasteiger partial charge in [0, 0.05) is 51.8 Å². The number of carbonyl (C=O) groups is 3. The first-order valence-corrected chi connectivity index (χ1v) is 16.4. The van der Waals surface area contributed by atoms with Gasteiger partial charge in [0.25, 0.3) is 5.91 Å². The van der Waals surface area contributed by atoms with E-state index in [0.717, 1.165) is 39.4 Å². The highest BCUT2D eigenvalue weighted by Gasteiger charge is 2.39. The van der Waals surface area contributed by atoms with Crippen molar-refractivity contribution >= 4 is 52.3 Å². The fourth-order valence-corrected chi connectivity index (χ4v) is 6.50. The van der Waals surface area contributed by atoms with Crippen molar-refractivity contribution in [2.75, 3.05) is 30.9 Å². The van der Waals surface area contributed by atoms with Crippen LogP contribution in [0, 0.1) is 6.92 Å². The third-order valence-electron chi connectivity index (χ3n) is 8.96. The summed E-state index contributed by atoms with van der Waals surface area (Å²) in [4.78, 5) is 44.8. The molecule has 4 aromatic rings. The number of hydrogen-bond acceptors (Lipinski definition) is 7. The molecule has 0 aliphatic carbocycles. The molecule has 3 amide bonds. The molecule has 254 valence electrons. The maximum absolute atomic E-state index is 14.0. The van der Waals surface area contributed by atoms with E-state index in [9.17, 15) is 19.5 Å². The number of thiocarbonyl (C=S) groups is 1. The summed E-state index contributed by atoms with van der Waals surface area (Å²) < 4.78 is 7.91. The lowest BCUT2D eigenvalue weighted by Gasteiger charge is -2.28. The number of aromatic nitrogens is 2. The molecule has 3 N–H and O–H groups in total. The van der Waals surface area contributed by atoms with Gasteiger partial charge in [-0.05, 0) is 60.0 Å². The number of carboxylic acid groups (broad SMARTS) is 1. The van der Waals surface area contributed by atoms with Gasteiger partial charge in [0.15, 0.2) is 0 Å². The average molecular weight is 682 g/mol. The molecule has 3 heterocycles. The van der Waals surface area contributed by atoms with Crippen LogP contribution in [0.2, 0.25) is 0 Å². The molecular weight excluding hydrogens is 643 g/mol. The number of aryl methyl sites for hydroxylation is 2. The third-order valence-corrected chi connectivity index (χ3v) is 9.60. The molecule has 3 aromatic carbocycles. The topological polar surface area (TPSA) is 132 Å². The van der Waals surface area contributed by atoms with E-state index in [1.165, 1.54) is 6.07 Å². The van der Waals surface area contributed by atoms with Gasteiger partial charge in [0.2, 0.25) is 0 Å². The number of benzene rings is 3. The minimum absolute atomic E-state index is 0.137. The molecule has 1 fully saturated rings. The van der Waals surface area contributed by atoms with E-state index in [1.807, 2.05) is 75.4 Å². The lowest BCUT2D eigenvalue weighted by Crippen LogP contribution is -2.48. The van der Waals surface area contributed by atoms with Gasteiger partial charge < -0.3 is 35.2 Å². The zero-order valence-electron chi connectivity index (χ0n) is 27.8. The van der Waals surface area contributed by atoms with E-state index in [0.29, 0.717) is 30.1 Å². The minimum Gasteiger partial charge on any atom is -0.478 e. The zero-order valence-corrected chi connectivity index (χ0v) is 28.7. The van der Waals surface area contributed by atoms with Crippen LogP contribution in [-0.2, 0) is 31.5 Å². The number of nitrogens with zero attached hydrogens (tertiary/aromatic N) is 5. The van der Waals surface area contributed by atoms with E-state index in [-0.39, 0.29) is 42.8 Å². The van der Waals surface area contributed by atoms with Crippen molar-refractivity contribution in [3.63, 3.8) is 0 Å². The van der Waals surface area contributed by atoms with Crippen molar-refractivity contribution in [1.82, 2.24) is 24.9 Å². The standard InChI is InChI=1S/C36H39N7O5S/c1-22-14-24(33(44)42-19-27-18-38-41(4)32(27)39-29-10-5-6-11-30(29)42)12-13-26(22)17-37-36(47)43-20-28(16-31(43)34(49)40(2)3)48-21-23-8-7-9-25(15-23)35(45)46/h5-15,18,28,31,39H,16-17,19-21H2,1-4H3,(H,37,47)(H,45,46)/t28-,31+/m1/s1. The predicted octanol–water partition coefficient (Wildman–Crippen LogP) is 5.09. The number of rotatable bonds is 8. The van der Waals surface area contributed by atoms with Gasteiger partial charge in [-0.3, -0.25) is 9.48 Å². The Labute approximate surface area is 290 Å². The molecular formula is C36H39N7O5S. The number of hydrogen-bond donors (Lipinski definition) is 3. The molecule has 13 heteroatoms. The van der Waals surface area contributed by atoms with Crippen LogP contribution in [0.1, 0.15) is 49.4 Å². The number of ether oxygens (including phenoxy) is 1. The molecule has 49 heavy (non-hydrogen) atoms. The highest BCUT2D eigenvalue weighted by Crippen LogP contribution is 2.36. The molecule has 2 atom stereocenters. The van der Waals surface area contributed by atoms with Gasteiger partial charge in [0.05, 0.1) is 48.4 Å². The van der Waals surface area contributed by atoms with E-state index < -0.39 is 5.97 Å². The first kappa shape index (κ1) is 33.6. The number of amides is 3. The number of urea groups is 1. The van der Waals surface area contributed by atoms with Gasteiger partial charge in [-0.1, -0.05) is 42.5 Å². The van der Waals surface area contributed by atoms with Gasteiger partial charge >= 0.3 is 12.0 Å². The number of nitrogens with one attached hydrogen (secondary N) is 2. The van der Waals surface area contributed by atoms with E-state index >= 15 is 0 Å². The summed E-state index contributed by atoms with van der Waals surface area (Å²) in [5, 5.41) is 20.1. The fraction of sp³-hybridized carbons (Fsp3) is 0.306. The number of aromatic carboxylic acids is 1. The van der Waals surface area contributed by atoms with Crippen LogP contribution in [0.3, 0.4) is 0 Å². The number of carbonyl (C=O) groups excluding carboxylic acids is 2. The van der Waals surface area contributed by atoms with Crippen molar-refractivity contribution in [1.29, 1.82) is 0 Å². The molecule has 1 aromatic heterocycles. The number of carboxylic acids is 1. The first-order valence-electron chi connectivity index (χ1n) is 16.0. The molecule has 0 radical (unpaired) electrons. The summed E-state index contributed by atoms with van der Waals surface area (Å²) in [6, 6.07) is 19.3. The van der Waals surface area contributed by atoms with Crippen LogP contribution in [0.4, 0.5) is 22.0 Å². The summed E-state index contributed by atoms with van der Waals surface area (Å²) in [5.74, 6) is -0.286. The van der Waals surface area contributed by atoms with Crippen LogP contribution in [0.15, 0.2) is 72.9 Å². The molecule has 0 saturated carbocycles. The molecule has 0 unspecified atom stereocenters. The third kappa shape index (κ3) is 7.13. The number of likely N-dealkylation sites (tertiary alicyclic amines) is 1. The Morgan fingerprint density at radius 3 is 2.63 bits per heavy atom. The number of fused-ring (bicyclic) bond motifs is 2. The largest absolute Gasteiger partial charge is 0.478 e. The average Bonchev–Trinajstić information content (AvgIpc) is 3.63. The van der Waals surface area contributed by atoms with Crippen LogP contribution in [0.25, 0.3) is 0 Å². The second-order valence-corrected chi connectivity index (χ2v) is 13.0. The lowest BCUT2D eigenvalue weighted by molar-refractivity contribution is 0.0484. The molecule has 2 aliphatic heterocycles. The van der Waals surface area contributed by atoms with Crippen LogP contribution < -0.4 is 15.5 Å². The van der Waals surface area contributed by atoms with E-state index in [1.54, 1.807) is 38.9 Å². The molecule has 1 saturated heterocycles. The minimum atomic E-state index is -0.997. The molecule has 12 nitrogen and oxygen atoms in total. The molecule has 0 spiro atoms. The first-order chi connectivity index (χ1) is 23.5. The summed E-state index contributed by atoms with van der Waals surface area (Å²) in [6.07, 6.45) is 2.02. The van der Waals surface area contributed by atoms with Crippen molar-refractivity contribution in [2.24, 2.45) is 7.05 Å². The van der Waals surface area contributed by atoms with E-state index in [4.69, 9.17) is 17.0 Å². The maximum atomic E-state index is 14.0. The Morgan fingerprint density at radius 1 is 1.08 bits per heavy atom. The fourth-order valence-electron chi connectivity index (χ4n) is 6.28. The van der Waals surface area contributed by atoms with Crippen molar-refractivity contribution in [2.45, 2.75) is 45.2 Å². The number of para-hydroxylation sites is 2. The zero-order chi connectivity index (χ0) is 34.8. The SMILES string of the molecule is Cc1cc(C(=O)N2Cc3cnn(C)c3Nc3ccccc32)ccc1CNC(=O)N1C[C@H](OCc2cccc(C(=O)O)c2)C[C@H]1C(=S)N(C)C. The van der Waals surface area contributed by atoms with Gasteiger partial charge in [-0.25, -0.2) is 9.59 Å².